The van der Waals surface area contributed by atoms with Crippen LogP contribution in [0.3, 0.4) is 0 Å². The minimum absolute atomic E-state index is 0.127. The Labute approximate surface area is 87.4 Å². The Morgan fingerprint density at radius 3 is 2.80 bits per heavy atom. The van der Waals surface area contributed by atoms with Crippen LogP contribution in [0.1, 0.15) is 18.9 Å². The third-order valence-corrected chi connectivity index (χ3v) is 2.48. The number of aromatic hydroxyl groups is 1. The maximum atomic E-state index is 11.1. The molecule has 1 aromatic heterocycles. The van der Waals surface area contributed by atoms with Gasteiger partial charge in [-0.2, -0.15) is 0 Å². The van der Waals surface area contributed by atoms with Crippen molar-refractivity contribution in [3.8, 4) is 5.75 Å². The minimum Gasteiger partial charge on any atom is -0.506 e. The summed E-state index contributed by atoms with van der Waals surface area (Å²) >= 11 is 0. The van der Waals surface area contributed by atoms with Crippen LogP contribution >= 0.6 is 0 Å². The van der Waals surface area contributed by atoms with E-state index in [1.54, 1.807) is 12.1 Å². The summed E-state index contributed by atoms with van der Waals surface area (Å²) in [6, 6.07) is 6.78. The van der Waals surface area contributed by atoms with Gasteiger partial charge in [-0.3, -0.25) is 4.79 Å². The normalized spacial score (nSPS) is 10.7. The summed E-state index contributed by atoms with van der Waals surface area (Å²) in [4.78, 5) is 13.8. The van der Waals surface area contributed by atoms with Crippen LogP contribution in [0.5, 0.6) is 5.75 Å². The van der Waals surface area contributed by atoms with Crippen LogP contribution in [0.25, 0.3) is 10.9 Å². The molecule has 0 aliphatic carbocycles. The zero-order valence-corrected chi connectivity index (χ0v) is 8.58. The van der Waals surface area contributed by atoms with Crippen LogP contribution in [-0.2, 0) is 6.42 Å². The molecule has 0 aliphatic rings. The minimum atomic E-state index is -0.188. The second-order valence-corrected chi connectivity index (χ2v) is 3.61. The predicted octanol–water partition coefficient (Wildman–Crippen LogP) is 2.19. The molecule has 0 amide bonds. The van der Waals surface area contributed by atoms with E-state index < -0.39 is 0 Å². The third kappa shape index (κ3) is 1.73. The van der Waals surface area contributed by atoms with E-state index in [9.17, 15) is 9.90 Å². The first-order valence-corrected chi connectivity index (χ1v) is 5.06. The molecule has 0 saturated heterocycles. The lowest BCUT2D eigenvalue weighted by Gasteiger charge is -2.06. The molecule has 0 aliphatic heterocycles. The molecule has 0 fully saturated rings. The van der Waals surface area contributed by atoms with E-state index in [-0.39, 0.29) is 11.3 Å². The highest BCUT2D eigenvalue weighted by atomic mass is 16.3. The quantitative estimate of drug-likeness (QED) is 0.786. The van der Waals surface area contributed by atoms with E-state index in [0.29, 0.717) is 5.52 Å². The number of phenolic OH excluding ortho intramolecular Hbond substituents is 1. The molecule has 3 heteroatoms. The average molecular weight is 203 g/mol. The van der Waals surface area contributed by atoms with Crippen LogP contribution < -0.4 is 5.56 Å². The number of aromatic nitrogens is 1. The molecule has 1 heterocycles. The van der Waals surface area contributed by atoms with Crippen LogP contribution in [-0.4, -0.2) is 10.1 Å². The van der Waals surface area contributed by atoms with Crippen molar-refractivity contribution in [2.24, 2.45) is 0 Å². The number of pyridine rings is 1. The first-order valence-electron chi connectivity index (χ1n) is 5.06. The summed E-state index contributed by atoms with van der Waals surface area (Å²) in [5.41, 5.74) is 1.50. The number of hydrogen-bond acceptors (Lipinski definition) is 2. The van der Waals surface area contributed by atoms with E-state index >= 15 is 0 Å². The Balaban J connectivity index is 2.76. The van der Waals surface area contributed by atoms with Crippen molar-refractivity contribution in [2.75, 3.05) is 0 Å². The van der Waals surface area contributed by atoms with Crippen LogP contribution in [0.4, 0.5) is 0 Å². The fraction of sp³-hybridized carbons (Fsp3) is 0.250. The van der Waals surface area contributed by atoms with E-state index in [4.69, 9.17) is 0 Å². The number of fused-ring (bicyclic) bond motifs is 1. The molecule has 0 saturated carbocycles. The monoisotopic (exact) mass is 203 g/mol. The Bertz CT molecular complexity index is 543. The molecule has 2 N–H and O–H groups in total. The molecule has 78 valence electrons. The molecule has 0 unspecified atom stereocenters. The molecule has 2 rings (SSSR count). The molecule has 0 radical (unpaired) electrons. The summed E-state index contributed by atoms with van der Waals surface area (Å²) < 4.78 is 0. The number of aryl methyl sites for hydroxylation is 1. The molecule has 3 nitrogen and oxygen atoms in total. The summed E-state index contributed by atoms with van der Waals surface area (Å²) in [7, 11) is 0. The van der Waals surface area contributed by atoms with Crippen LogP contribution in [0.2, 0.25) is 0 Å². The fourth-order valence-corrected chi connectivity index (χ4v) is 1.78. The predicted molar refractivity (Wildman–Crippen MR) is 60.2 cm³/mol. The largest absolute Gasteiger partial charge is 0.506 e. The van der Waals surface area contributed by atoms with Gasteiger partial charge in [0, 0.05) is 11.5 Å². The summed E-state index contributed by atoms with van der Waals surface area (Å²) in [6.07, 6.45) is 1.99. The highest BCUT2D eigenvalue weighted by molar-refractivity contribution is 5.87. The molecule has 15 heavy (non-hydrogen) atoms. The van der Waals surface area contributed by atoms with Crippen molar-refractivity contribution in [2.45, 2.75) is 19.8 Å². The van der Waals surface area contributed by atoms with Crippen molar-refractivity contribution >= 4 is 10.9 Å². The first-order chi connectivity index (χ1) is 7.22. The van der Waals surface area contributed by atoms with Gasteiger partial charge in [-0.05, 0) is 24.1 Å². The van der Waals surface area contributed by atoms with Crippen LogP contribution in [0.15, 0.2) is 29.1 Å². The lowest BCUT2D eigenvalue weighted by molar-refractivity contribution is 0.480. The van der Waals surface area contributed by atoms with Crippen molar-refractivity contribution in [1.82, 2.24) is 4.98 Å². The fourth-order valence-electron chi connectivity index (χ4n) is 1.78. The smallest absolute Gasteiger partial charge is 0.248 e. The van der Waals surface area contributed by atoms with Gasteiger partial charge in [-0.1, -0.05) is 19.4 Å². The SMILES string of the molecule is CCCc1ccc(O)c2[nH]c(=O)ccc12. The first kappa shape index (κ1) is 9.77. The van der Waals surface area contributed by atoms with E-state index in [2.05, 4.69) is 11.9 Å². The lowest BCUT2D eigenvalue weighted by Crippen LogP contribution is -2.03. The molecule has 0 atom stereocenters. The van der Waals surface area contributed by atoms with Gasteiger partial charge in [-0.25, -0.2) is 0 Å². The molecule has 0 bridgehead atoms. The Kier molecular flexibility index (Phi) is 2.46. The zero-order chi connectivity index (χ0) is 10.8. The topological polar surface area (TPSA) is 53.1 Å². The maximum Gasteiger partial charge on any atom is 0.248 e. The average Bonchev–Trinajstić information content (AvgIpc) is 2.23. The van der Waals surface area contributed by atoms with Gasteiger partial charge in [0.25, 0.3) is 0 Å². The number of phenols is 1. The highest BCUT2D eigenvalue weighted by Gasteiger charge is 2.04. The third-order valence-electron chi connectivity index (χ3n) is 2.48. The number of aromatic amines is 1. The molecular weight excluding hydrogens is 190 g/mol. The van der Waals surface area contributed by atoms with Crippen molar-refractivity contribution in [1.29, 1.82) is 0 Å². The van der Waals surface area contributed by atoms with Gasteiger partial charge >= 0.3 is 0 Å². The Morgan fingerprint density at radius 1 is 1.27 bits per heavy atom. The van der Waals surface area contributed by atoms with Crippen molar-refractivity contribution < 1.29 is 5.11 Å². The van der Waals surface area contributed by atoms with Crippen molar-refractivity contribution in [3.63, 3.8) is 0 Å². The lowest BCUT2D eigenvalue weighted by atomic mass is 10.0. The molecule has 2 aromatic rings. The van der Waals surface area contributed by atoms with Gasteiger partial charge in [0.1, 0.15) is 5.75 Å². The number of hydrogen-bond donors (Lipinski definition) is 2. The van der Waals surface area contributed by atoms with Gasteiger partial charge in [0.2, 0.25) is 5.56 Å². The second-order valence-electron chi connectivity index (χ2n) is 3.61. The molecule has 1 aromatic carbocycles. The maximum absolute atomic E-state index is 11.1. The van der Waals surface area contributed by atoms with Crippen LogP contribution in [0, 0.1) is 0 Å². The molecular formula is C12H13NO2. The number of benzene rings is 1. The Hall–Kier alpha value is -1.77. The van der Waals surface area contributed by atoms with E-state index in [1.807, 2.05) is 6.07 Å². The number of nitrogens with one attached hydrogen (secondary N) is 1. The second kappa shape index (κ2) is 3.77. The van der Waals surface area contributed by atoms with E-state index in [1.165, 1.54) is 6.07 Å². The van der Waals surface area contributed by atoms with Crippen molar-refractivity contribution in [3.05, 3.63) is 40.2 Å². The highest BCUT2D eigenvalue weighted by Crippen LogP contribution is 2.25. The Morgan fingerprint density at radius 2 is 2.07 bits per heavy atom. The standard InChI is InChI=1S/C12H13NO2/c1-2-3-8-4-6-10(14)12-9(8)5-7-11(15)13-12/h4-7,14H,2-3H2,1H3,(H,13,15). The summed E-state index contributed by atoms with van der Waals surface area (Å²) in [5.74, 6) is 0.127. The van der Waals surface area contributed by atoms with Gasteiger partial charge < -0.3 is 10.1 Å². The summed E-state index contributed by atoms with van der Waals surface area (Å²) in [5, 5.41) is 10.5. The number of rotatable bonds is 2. The summed E-state index contributed by atoms with van der Waals surface area (Å²) in [6.45, 7) is 2.10. The van der Waals surface area contributed by atoms with Gasteiger partial charge in [0.15, 0.2) is 0 Å². The van der Waals surface area contributed by atoms with Gasteiger partial charge in [0.05, 0.1) is 5.52 Å². The number of H-pyrrole nitrogens is 1. The molecule has 0 spiro atoms. The van der Waals surface area contributed by atoms with Gasteiger partial charge in [-0.15, -0.1) is 0 Å². The van der Waals surface area contributed by atoms with E-state index in [0.717, 1.165) is 23.8 Å². The zero-order valence-electron chi connectivity index (χ0n) is 8.58.